The summed E-state index contributed by atoms with van der Waals surface area (Å²) in [7, 11) is 0. The molecular formula is C14H16Cl2N2O2. The average Bonchev–Trinajstić information content (AvgIpc) is 2.42. The maximum atomic E-state index is 12.0. The van der Waals surface area contributed by atoms with Gasteiger partial charge in [-0.15, -0.1) is 0 Å². The van der Waals surface area contributed by atoms with Gasteiger partial charge in [-0.05, 0) is 37.0 Å². The number of rotatable bonds is 1. The molecule has 6 heteroatoms. The van der Waals surface area contributed by atoms with Gasteiger partial charge in [-0.1, -0.05) is 30.1 Å². The second kappa shape index (κ2) is 6.46. The van der Waals surface area contributed by atoms with Gasteiger partial charge in [-0.3, -0.25) is 9.59 Å². The number of nitrogens with one attached hydrogen (secondary N) is 1. The van der Waals surface area contributed by atoms with Crippen LogP contribution in [0.2, 0.25) is 10.0 Å². The lowest BCUT2D eigenvalue weighted by atomic mass is 9.99. The molecule has 1 fully saturated rings. The van der Waals surface area contributed by atoms with Crippen molar-refractivity contribution < 1.29 is 9.59 Å². The van der Waals surface area contributed by atoms with Crippen molar-refractivity contribution in [1.82, 2.24) is 4.90 Å². The second-order valence-corrected chi connectivity index (χ2v) is 5.90. The summed E-state index contributed by atoms with van der Waals surface area (Å²) in [5.41, 5.74) is 0.389. The van der Waals surface area contributed by atoms with E-state index < -0.39 is 11.8 Å². The predicted octanol–water partition coefficient (Wildman–Crippen LogP) is 3.19. The molecule has 20 heavy (non-hydrogen) atoms. The maximum Gasteiger partial charge on any atom is 0.313 e. The van der Waals surface area contributed by atoms with Crippen LogP contribution in [0.4, 0.5) is 5.69 Å². The number of carbonyl (C=O) groups is 2. The summed E-state index contributed by atoms with van der Waals surface area (Å²) in [5, 5.41) is 3.31. The summed E-state index contributed by atoms with van der Waals surface area (Å²) < 4.78 is 0. The van der Waals surface area contributed by atoms with E-state index in [0.717, 1.165) is 12.8 Å². The van der Waals surface area contributed by atoms with E-state index in [1.807, 2.05) is 0 Å². The van der Waals surface area contributed by atoms with Gasteiger partial charge in [0.1, 0.15) is 0 Å². The number of amides is 2. The average molecular weight is 315 g/mol. The van der Waals surface area contributed by atoms with Crippen LogP contribution in [0.1, 0.15) is 19.8 Å². The van der Waals surface area contributed by atoms with E-state index >= 15 is 0 Å². The fourth-order valence-electron chi connectivity index (χ4n) is 2.12. The molecule has 1 saturated heterocycles. The summed E-state index contributed by atoms with van der Waals surface area (Å²) in [6.45, 7) is 3.40. The molecule has 0 aromatic heterocycles. The van der Waals surface area contributed by atoms with Gasteiger partial charge in [0.25, 0.3) is 0 Å². The first kappa shape index (κ1) is 15.1. The topological polar surface area (TPSA) is 49.4 Å². The molecule has 1 N–H and O–H groups in total. The number of anilines is 1. The summed E-state index contributed by atoms with van der Waals surface area (Å²) in [4.78, 5) is 25.6. The highest BCUT2D eigenvalue weighted by Crippen LogP contribution is 2.25. The van der Waals surface area contributed by atoms with Crippen molar-refractivity contribution in [2.45, 2.75) is 19.8 Å². The van der Waals surface area contributed by atoms with Gasteiger partial charge < -0.3 is 10.2 Å². The Hall–Kier alpha value is -1.26. The zero-order valence-corrected chi connectivity index (χ0v) is 12.7. The Morgan fingerprint density at radius 3 is 2.50 bits per heavy atom. The maximum absolute atomic E-state index is 12.0. The van der Waals surface area contributed by atoms with Crippen molar-refractivity contribution in [3.8, 4) is 0 Å². The minimum absolute atomic E-state index is 0.311. The summed E-state index contributed by atoms with van der Waals surface area (Å²) >= 11 is 11.7. The Morgan fingerprint density at radius 1 is 1.25 bits per heavy atom. The summed E-state index contributed by atoms with van der Waals surface area (Å²) in [5.74, 6) is -0.570. The summed E-state index contributed by atoms with van der Waals surface area (Å²) in [6.07, 6.45) is 1.86. The molecule has 0 spiro atoms. The first-order valence-corrected chi connectivity index (χ1v) is 7.28. The number of piperidine rings is 1. The zero-order valence-electron chi connectivity index (χ0n) is 11.2. The minimum Gasteiger partial charge on any atom is -0.334 e. The molecule has 2 rings (SSSR count). The highest BCUT2D eigenvalue weighted by Gasteiger charge is 2.25. The largest absolute Gasteiger partial charge is 0.334 e. The van der Waals surface area contributed by atoms with Crippen LogP contribution in [0.25, 0.3) is 0 Å². The fourth-order valence-corrected chi connectivity index (χ4v) is 2.58. The molecule has 108 valence electrons. The fraction of sp³-hybridized carbons (Fsp3) is 0.429. The Kier molecular flexibility index (Phi) is 4.89. The molecule has 1 aromatic rings. The minimum atomic E-state index is -0.663. The molecule has 1 aromatic carbocycles. The van der Waals surface area contributed by atoms with E-state index in [4.69, 9.17) is 23.2 Å². The molecule has 2 amide bonds. The van der Waals surface area contributed by atoms with E-state index in [1.165, 1.54) is 6.07 Å². The Morgan fingerprint density at radius 2 is 1.90 bits per heavy atom. The molecule has 0 radical (unpaired) electrons. The van der Waals surface area contributed by atoms with Crippen molar-refractivity contribution in [3.05, 3.63) is 28.2 Å². The third-order valence-corrected chi connectivity index (χ3v) is 3.99. The van der Waals surface area contributed by atoms with Crippen molar-refractivity contribution >= 4 is 40.7 Å². The first-order chi connectivity index (χ1) is 9.47. The zero-order chi connectivity index (χ0) is 14.7. The van der Waals surface area contributed by atoms with Gasteiger partial charge in [0.2, 0.25) is 0 Å². The van der Waals surface area contributed by atoms with Crippen LogP contribution in [-0.2, 0) is 9.59 Å². The number of nitrogens with zero attached hydrogens (tertiary/aromatic N) is 1. The molecule has 0 bridgehead atoms. The van der Waals surface area contributed by atoms with E-state index in [1.54, 1.807) is 17.0 Å². The normalized spacial score (nSPS) is 16.1. The lowest BCUT2D eigenvalue weighted by Crippen LogP contribution is -2.43. The van der Waals surface area contributed by atoms with Gasteiger partial charge in [0, 0.05) is 18.1 Å². The van der Waals surface area contributed by atoms with Gasteiger partial charge in [-0.2, -0.15) is 0 Å². The molecule has 0 saturated carbocycles. The van der Waals surface area contributed by atoms with Crippen LogP contribution in [0.5, 0.6) is 0 Å². The smallest absolute Gasteiger partial charge is 0.313 e. The Labute approximate surface area is 128 Å². The van der Waals surface area contributed by atoms with E-state index in [2.05, 4.69) is 12.2 Å². The van der Waals surface area contributed by atoms with E-state index in [-0.39, 0.29) is 0 Å². The SMILES string of the molecule is CC1CCN(C(=O)C(=O)Nc2ccc(Cl)cc2Cl)CC1. The van der Waals surface area contributed by atoms with E-state index in [0.29, 0.717) is 34.7 Å². The van der Waals surface area contributed by atoms with Crippen molar-refractivity contribution in [3.63, 3.8) is 0 Å². The van der Waals surface area contributed by atoms with Crippen molar-refractivity contribution in [2.24, 2.45) is 5.92 Å². The van der Waals surface area contributed by atoms with Crippen LogP contribution in [0.15, 0.2) is 18.2 Å². The molecule has 1 aliphatic rings. The third kappa shape index (κ3) is 3.64. The molecule has 1 heterocycles. The predicted molar refractivity (Wildman–Crippen MR) is 80.1 cm³/mol. The second-order valence-electron chi connectivity index (χ2n) is 5.05. The molecule has 4 nitrogen and oxygen atoms in total. The van der Waals surface area contributed by atoms with Crippen LogP contribution in [0, 0.1) is 5.92 Å². The van der Waals surface area contributed by atoms with Gasteiger partial charge in [-0.25, -0.2) is 0 Å². The van der Waals surface area contributed by atoms with Gasteiger partial charge >= 0.3 is 11.8 Å². The lowest BCUT2D eigenvalue weighted by molar-refractivity contribution is -0.144. The number of benzene rings is 1. The lowest BCUT2D eigenvalue weighted by Gasteiger charge is -2.29. The standard InChI is InChI=1S/C14H16Cl2N2O2/c1-9-4-6-18(7-5-9)14(20)13(19)17-12-3-2-10(15)8-11(12)16/h2-3,8-9H,4-7H2,1H3,(H,17,19). The number of hydrogen-bond acceptors (Lipinski definition) is 2. The van der Waals surface area contributed by atoms with Crippen molar-refractivity contribution in [2.75, 3.05) is 18.4 Å². The number of likely N-dealkylation sites (tertiary alicyclic amines) is 1. The monoisotopic (exact) mass is 314 g/mol. The quantitative estimate of drug-likeness (QED) is 0.809. The Balaban J connectivity index is 1.99. The van der Waals surface area contributed by atoms with Gasteiger partial charge in [0.15, 0.2) is 0 Å². The molecule has 0 aliphatic carbocycles. The van der Waals surface area contributed by atoms with Crippen LogP contribution >= 0.6 is 23.2 Å². The number of hydrogen-bond donors (Lipinski definition) is 1. The molecule has 0 unspecified atom stereocenters. The van der Waals surface area contributed by atoms with Crippen LogP contribution in [-0.4, -0.2) is 29.8 Å². The Bertz CT molecular complexity index is 526. The highest BCUT2D eigenvalue weighted by molar-refractivity contribution is 6.42. The molecular weight excluding hydrogens is 299 g/mol. The van der Waals surface area contributed by atoms with Crippen molar-refractivity contribution in [1.29, 1.82) is 0 Å². The number of carbonyl (C=O) groups excluding carboxylic acids is 2. The van der Waals surface area contributed by atoms with E-state index in [9.17, 15) is 9.59 Å². The molecule has 1 aliphatic heterocycles. The molecule has 0 atom stereocenters. The van der Waals surface area contributed by atoms with Crippen LogP contribution < -0.4 is 5.32 Å². The van der Waals surface area contributed by atoms with Gasteiger partial charge in [0.05, 0.1) is 10.7 Å². The summed E-state index contributed by atoms with van der Waals surface area (Å²) in [6, 6.07) is 4.70. The highest BCUT2D eigenvalue weighted by atomic mass is 35.5. The van der Waals surface area contributed by atoms with Crippen LogP contribution in [0.3, 0.4) is 0 Å². The number of halogens is 2. The first-order valence-electron chi connectivity index (χ1n) is 6.52. The third-order valence-electron chi connectivity index (χ3n) is 3.44.